The van der Waals surface area contributed by atoms with Gasteiger partial charge >= 0.3 is 0 Å². The average Bonchev–Trinajstić information content (AvgIpc) is 2.77. The first-order valence-corrected chi connectivity index (χ1v) is 10.0. The fraction of sp³-hybridized carbons (Fsp3) is 0.333. The summed E-state index contributed by atoms with van der Waals surface area (Å²) in [6.07, 6.45) is 6.24. The highest BCUT2D eigenvalue weighted by atomic mass is 16.2. The summed E-state index contributed by atoms with van der Waals surface area (Å²) < 4.78 is 0. The van der Waals surface area contributed by atoms with Gasteiger partial charge in [-0.15, -0.1) is 0 Å². The van der Waals surface area contributed by atoms with E-state index in [0.717, 1.165) is 24.0 Å². The van der Waals surface area contributed by atoms with Crippen molar-refractivity contribution in [2.45, 2.75) is 25.9 Å². The van der Waals surface area contributed by atoms with Gasteiger partial charge in [-0.05, 0) is 35.8 Å². The van der Waals surface area contributed by atoms with E-state index >= 15 is 0 Å². The molecule has 28 heavy (non-hydrogen) atoms. The minimum atomic E-state index is -0.289. The molecule has 0 aromatic heterocycles. The molecule has 4 atom stereocenters. The Morgan fingerprint density at radius 3 is 1.43 bits per heavy atom. The Bertz CT molecular complexity index is 776. The van der Waals surface area contributed by atoms with E-state index < -0.39 is 0 Å². The SMILES string of the molecule is O=C(NCc1ccccc1)[C@@H]1[C@H](C(=O)NCc2ccccc2)[C@@H]2C=C[C@H]1CC2. The van der Waals surface area contributed by atoms with Crippen LogP contribution in [0.5, 0.6) is 0 Å². The summed E-state index contributed by atoms with van der Waals surface area (Å²) in [6, 6.07) is 19.8. The van der Waals surface area contributed by atoms with E-state index in [1.165, 1.54) is 0 Å². The molecule has 3 aliphatic rings. The summed E-state index contributed by atoms with van der Waals surface area (Å²) in [5.74, 6) is -0.307. The minimum Gasteiger partial charge on any atom is -0.352 e. The van der Waals surface area contributed by atoms with Gasteiger partial charge in [-0.1, -0.05) is 72.8 Å². The summed E-state index contributed by atoms with van der Waals surface area (Å²) >= 11 is 0. The van der Waals surface area contributed by atoms with Crippen LogP contribution in [0.25, 0.3) is 0 Å². The molecule has 0 saturated heterocycles. The Morgan fingerprint density at radius 2 is 1.07 bits per heavy atom. The summed E-state index contributed by atoms with van der Waals surface area (Å²) in [5, 5.41) is 6.12. The smallest absolute Gasteiger partial charge is 0.224 e. The third-order valence-corrected chi connectivity index (χ3v) is 5.97. The second-order valence-electron chi connectivity index (χ2n) is 7.75. The van der Waals surface area contributed by atoms with Gasteiger partial charge in [0.2, 0.25) is 11.8 Å². The largest absolute Gasteiger partial charge is 0.352 e. The van der Waals surface area contributed by atoms with Crippen molar-refractivity contribution in [1.29, 1.82) is 0 Å². The molecule has 4 nitrogen and oxygen atoms in total. The Morgan fingerprint density at radius 1 is 0.679 bits per heavy atom. The summed E-state index contributed by atoms with van der Waals surface area (Å²) in [7, 11) is 0. The maximum atomic E-state index is 13.0. The fourth-order valence-electron chi connectivity index (χ4n) is 4.51. The molecule has 2 aromatic carbocycles. The lowest BCUT2D eigenvalue weighted by Crippen LogP contribution is -2.51. The van der Waals surface area contributed by atoms with Crippen LogP contribution in [-0.4, -0.2) is 11.8 Å². The van der Waals surface area contributed by atoms with Gasteiger partial charge in [0.1, 0.15) is 0 Å². The molecule has 0 unspecified atom stereocenters. The average molecular weight is 374 g/mol. The lowest BCUT2D eigenvalue weighted by molar-refractivity contribution is -0.140. The van der Waals surface area contributed by atoms with Gasteiger partial charge in [-0.2, -0.15) is 0 Å². The molecule has 2 bridgehead atoms. The van der Waals surface area contributed by atoms with Gasteiger partial charge in [0.15, 0.2) is 0 Å². The van der Waals surface area contributed by atoms with E-state index in [4.69, 9.17) is 0 Å². The van der Waals surface area contributed by atoms with Gasteiger partial charge < -0.3 is 10.6 Å². The van der Waals surface area contributed by atoms with Crippen LogP contribution in [-0.2, 0) is 22.7 Å². The third kappa shape index (κ3) is 4.01. The molecular formula is C24H26N2O2. The number of benzene rings is 2. The highest BCUT2D eigenvalue weighted by Gasteiger charge is 2.47. The van der Waals surface area contributed by atoms with Crippen molar-refractivity contribution in [2.24, 2.45) is 23.7 Å². The second kappa shape index (κ2) is 8.42. The number of hydrogen-bond donors (Lipinski definition) is 2. The fourth-order valence-corrected chi connectivity index (χ4v) is 4.51. The molecule has 0 aliphatic heterocycles. The molecule has 1 saturated carbocycles. The number of allylic oxidation sites excluding steroid dienone is 2. The predicted octanol–water partition coefficient (Wildman–Crippen LogP) is 3.45. The second-order valence-corrected chi connectivity index (χ2v) is 7.75. The number of rotatable bonds is 6. The molecule has 2 aromatic rings. The van der Waals surface area contributed by atoms with Crippen molar-refractivity contribution in [3.8, 4) is 0 Å². The van der Waals surface area contributed by atoms with Crippen LogP contribution in [0.15, 0.2) is 72.8 Å². The van der Waals surface area contributed by atoms with Gasteiger partial charge in [0, 0.05) is 13.1 Å². The van der Waals surface area contributed by atoms with Crippen LogP contribution < -0.4 is 10.6 Å². The van der Waals surface area contributed by atoms with E-state index in [0.29, 0.717) is 13.1 Å². The van der Waals surface area contributed by atoms with Crippen molar-refractivity contribution in [2.75, 3.05) is 0 Å². The molecule has 3 aliphatic carbocycles. The topological polar surface area (TPSA) is 58.2 Å². The zero-order chi connectivity index (χ0) is 19.3. The van der Waals surface area contributed by atoms with Crippen molar-refractivity contribution in [3.05, 3.63) is 83.9 Å². The monoisotopic (exact) mass is 374 g/mol. The number of fused-ring (bicyclic) bond motifs is 2. The maximum absolute atomic E-state index is 13.0. The molecule has 2 N–H and O–H groups in total. The minimum absolute atomic E-state index is 0.0113. The predicted molar refractivity (Wildman–Crippen MR) is 109 cm³/mol. The Balaban J connectivity index is 1.44. The number of nitrogens with one attached hydrogen (secondary N) is 2. The van der Waals surface area contributed by atoms with Gasteiger partial charge in [-0.3, -0.25) is 9.59 Å². The van der Waals surface area contributed by atoms with Crippen molar-refractivity contribution < 1.29 is 9.59 Å². The Hall–Kier alpha value is -2.88. The van der Waals surface area contributed by atoms with E-state index in [1.807, 2.05) is 60.7 Å². The van der Waals surface area contributed by atoms with Crippen LogP contribution in [0.4, 0.5) is 0 Å². The molecule has 0 radical (unpaired) electrons. The Kier molecular flexibility index (Phi) is 5.56. The van der Waals surface area contributed by atoms with Crippen LogP contribution in [0, 0.1) is 23.7 Å². The zero-order valence-corrected chi connectivity index (χ0v) is 15.9. The van der Waals surface area contributed by atoms with Crippen LogP contribution >= 0.6 is 0 Å². The zero-order valence-electron chi connectivity index (χ0n) is 15.9. The van der Waals surface area contributed by atoms with E-state index in [2.05, 4.69) is 22.8 Å². The first-order valence-electron chi connectivity index (χ1n) is 10.0. The summed E-state index contributed by atoms with van der Waals surface area (Å²) in [4.78, 5) is 26.1. The van der Waals surface area contributed by atoms with E-state index in [9.17, 15) is 9.59 Å². The molecule has 0 spiro atoms. The van der Waals surface area contributed by atoms with Gasteiger partial charge in [0.05, 0.1) is 11.8 Å². The standard InChI is InChI=1S/C24H26N2O2/c27-23(25-15-17-7-3-1-4-8-17)21-19-11-13-20(14-12-19)22(21)24(28)26-16-18-9-5-2-6-10-18/h1-11,13,19-22H,12,14-16H2,(H,25,27)(H,26,28)/t19-,20+,21-,22+. The number of carbonyl (C=O) groups is 2. The van der Waals surface area contributed by atoms with Crippen LogP contribution in [0.3, 0.4) is 0 Å². The molecular weight excluding hydrogens is 348 g/mol. The highest BCUT2D eigenvalue weighted by Crippen LogP contribution is 2.45. The van der Waals surface area contributed by atoms with E-state index in [1.54, 1.807) is 0 Å². The maximum Gasteiger partial charge on any atom is 0.224 e. The Labute approximate surface area is 166 Å². The van der Waals surface area contributed by atoms with Crippen LogP contribution in [0.1, 0.15) is 24.0 Å². The summed E-state index contributed by atoms with van der Waals surface area (Å²) in [6.45, 7) is 0.991. The molecule has 144 valence electrons. The van der Waals surface area contributed by atoms with Crippen molar-refractivity contribution in [3.63, 3.8) is 0 Å². The number of carbonyl (C=O) groups excluding carboxylic acids is 2. The molecule has 5 rings (SSSR count). The highest BCUT2D eigenvalue weighted by molar-refractivity contribution is 5.89. The van der Waals surface area contributed by atoms with Gasteiger partial charge in [-0.25, -0.2) is 0 Å². The van der Waals surface area contributed by atoms with Crippen molar-refractivity contribution >= 4 is 11.8 Å². The van der Waals surface area contributed by atoms with Gasteiger partial charge in [0.25, 0.3) is 0 Å². The lowest BCUT2D eigenvalue weighted by atomic mass is 9.61. The molecule has 2 amide bonds. The quantitative estimate of drug-likeness (QED) is 0.761. The summed E-state index contributed by atoms with van der Waals surface area (Å²) in [5.41, 5.74) is 2.13. The van der Waals surface area contributed by atoms with Crippen molar-refractivity contribution in [1.82, 2.24) is 10.6 Å². The number of amides is 2. The number of hydrogen-bond acceptors (Lipinski definition) is 2. The molecule has 0 heterocycles. The van der Waals surface area contributed by atoms with E-state index in [-0.39, 0.29) is 35.5 Å². The lowest BCUT2D eigenvalue weighted by Gasteiger charge is -2.43. The third-order valence-electron chi connectivity index (χ3n) is 5.97. The normalized spacial score (nSPS) is 25.3. The molecule has 4 heteroatoms. The van der Waals surface area contributed by atoms with Crippen LogP contribution in [0.2, 0.25) is 0 Å². The first-order chi connectivity index (χ1) is 13.7. The first kappa shape index (κ1) is 18.5. The molecule has 1 fully saturated rings.